The van der Waals surface area contributed by atoms with Crippen molar-refractivity contribution in [1.29, 1.82) is 0 Å². The van der Waals surface area contributed by atoms with Crippen LogP contribution in [0.15, 0.2) is 77.7 Å². The number of amides is 1. The number of benzene rings is 3. The third kappa shape index (κ3) is 5.21. The van der Waals surface area contributed by atoms with Gasteiger partial charge in [0.1, 0.15) is 22.2 Å². The Morgan fingerprint density at radius 3 is 2.53 bits per heavy atom. The predicted molar refractivity (Wildman–Crippen MR) is 126 cm³/mol. The summed E-state index contributed by atoms with van der Waals surface area (Å²) in [4.78, 5) is 12.8. The maximum atomic E-state index is 13.8. The molecule has 1 aliphatic rings. The number of halogens is 1. The van der Waals surface area contributed by atoms with E-state index in [-0.39, 0.29) is 29.6 Å². The number of sulfonamides is 1. The van der Waals surface area contributed by atoms with Gasteiger partial charge in [-0.3, -0.25) is 4.79 Å². The molecule has 0 unspecified atom stereocenters. The molecule has 34 heavy (non-hydrogen) atoms. The molecule has 178 valence electrons. The number of nitrogens with zero attached hydrogens (tertiary/aromatic N) is 1. The Morgan fingerprint density at radius 1 is 1.03 bits per heavy atom. The zero-order chi connectivity index (χ0) is 24.1. The molecule has 1 atom stereocenters. The van der Waals surface area contributed by atoms with Crippen LogP contribution in [0.4, 0.5) is 10.1 Å². The van der Waals surface area contributed by atoms with Gasteiger partial charge in [0.25, 0.3) is 0 Å². The molecule has 1 heterocycles. The summed E-state index contributed by atoms with van der Waals surface area (Å²) in [6.07, 6.45) is 1.02. The highest BCUT2D eigenvalue weighted by Gasteiger charge is 2.35. The summed E-state index contributed by atoms with van der Waals surface area (Å²) in [5, 5.41) is 2.87. The molecule has 0 aromatic heterocycles. The smallest absolute Gasteiger partial charge is 0.246 e. The molecule has 4 rings (SSSR count). The number of rotatable bonds is 7. The highest BCUT2D eigenvalue weighted by Crippen LogP contribution is 2.32. The number of piperidine rings is 1. The molecule has 1 aliphatic heterocycles. The van der Waals surface area contributed by atoms with Crippen LogP contribution < -0.4 is 14.8 Å². The van der Waals surface area contributed by atoms with E-state index in [4.69, 9.17) is 9.47 Å². The number of anilines is 1. The van der Waals surface area contributed by atoms with E-state index in [9.17, 15) is 17.6 Å². The van der Waals surface area contributed by atoms with Crippen LogP contribution in [0.5, 0.6) is 17.2 Å². The van der Waals surface area contributed by atoms with E-state index in [1.54, 1.807) is 24.3 Å². The summed E-state index contributed by atoms with van der Waals surface area (Å²) in [6, 6.07) is 19.6. The fraction of sp³-hybridized carbons (Fsp3) is 0.240. The maximum absolute atomic E-state index is 13.8. The first kappa shape index (κ1) is 23.7. The van der Waals surface area contributed by atoms with E-state index >= 15 is 0 Å². The molecule has 1 fully saturated rings. The largest absolute Gasteiger partial charge is 0.495 e. The van der Waals surface area contributed by atoms with Crippen LogP contribution in [0.3, 0.4) is 0 Å². The molecular weight excluding hydrogens is 459 g/mol. The number of hydrogen-bond donors (Lipinski definition) is 1. The van der Waals surface area contributed by atoms with Gasteiger partial charge < -0.3 is 14.8 Å². The minimum absolute atomic E-state index is 0.0183. The van der Waals surface area contributed by atoms with Gasteiger partial charge in [-0.25, -0.2) is 12.8 Å². The Morgan fingerprint density at radius 2 is 1.76 bits per heavy atom. The van der Waals surface area contributed by atoms with Crippen molar-refractivity contribution in [2.75, 3.05) is 25.5 Å². The second-order valence-electron chi connectivity index (χ2n) is 7.90. The molecule has 0 bridgehead atoms. The quantitative estimate of drug-likeness (QED) is 0.527. The molecule has 1 amide bonds. The highest BCUT2D eigenvalue weighted by atomic mass is 32.2. The number of para-hydroxylation sites is 3. The second-order valence-corrected chi connectivity index (χ2v) is 9.80. The molecule has 3 aromatic carbocycles. The van der Waals surface area contributed by atoms with Crippen molar-refractivity contribution in [3.8, 4) is 17.2 Å². The van der Waals surface area contributed by atoms with E-state index < -0.39 is 21.8 Å². The zero-order valence-electron chi connectivity index (χ0n) is 18.6. The number of methoxy groups -OCH3 is 1. The molecule has 0 radical (unpaired) electrons. The summed E-state index contributed by atoms with van der Waals surface area (Å²) in [7, 11) is -2.72. The number of carbonyl (C=O) groups excluding carboxylic acids is 1. The summed E-state index contributed by atoms with van der Waals surface area (Å²) in [5.41, 5.74) is 0.489. The van der Waals surface area contributed by atoms with Gasteiger partial charge in [0.15, 0.2) is 5.75 Å². The standard InChI is InChI=1S/C25H25FN2O5S/c1-32-23-14-13-19(26)16-24(23)34(30,31)28-15-7-8-18(17-28)25(29)27-21-11-5-6-12-22(21)33-20-9-3-2-4-10-20/h2-6,9-14,16,18H,7-8,15,17H2,1H3,(H,27,29)/t18-/m1/s1. The first-order valence-corrected chi connectivity index (χ1v) is 12.3. The lowest BCUT2D eigenvalue weighted by Crippen LogP contribution is -2.43. The summed E-state index contributed by atoms with van der Waals surface area (Å²) in [6.45, 7) is 0.217. The van der Waals surface area contributed by atoms with Gasteiger partial charge in [-0.15, -0.1) is 0 Å². The summed E-state index contributed by atoms with van der Waals surface area (Å²) < 4.78 is 52.5. The summed E-state index contributed by atoms with van der Waals surface area (Å²) in [5.74, 6) is -0.404. The molecule has 1 saturated heterocycles. The van der Waals surface area contributed by atoms with Gasteiger partial charge in [0.05, 0.1) is 18.7 Å². The third-order valence-corrected chi connectivity index (χ3v) is 7.50. The van der Waals surface area contributed by atoms with Crippen molar-refractivity contribution in [3.05, 3.63) is 78.6 Å². The third-order valence-electron chi connectivity index (χ3n) is 5.61. The first-order valence-electron chi connectivity index (χ1n) is 10.8. The lowest BCUT2D eigenvalue weighted by atomic mass is 9.98. The molecule has 9 heteroatoms. The average molecular weight is 485 g/mol. The molecule has 3 aromatic rings. The monoisotopic (exact) mass is 484 g/mol. The summed E-state index contributed by atoms with van der Waals surface area (Å²) >= 11 is 0. The highest BCUT2D eigenvalue weighted by molar-refractivity contribution is 7.89. The fourth-order valence-electron chi connectivity index (χ4n) is 3.88. The SMILES string of the molecule is COc1ccc(F)cc1S(=O)(=O)N1CCC[C@@H](C(=O)Nc2ccccc2Oc2ccccc2)C1. The van der Waals surface area contributed by atoms with Gasteiger partial charge in [0, 0.05) is 13.1 Å². The molecular formula is C25H25FN2O5S. The number of carbonyl (C=O) groups is 1. The maximum Gasteiger partial charge on any atom is 0.246 e. The van der Waals surface area contributed by atoms with Crippen molar-refractivity contribution in [2.45, 2.75) is 17.7 Å². The van der Waals surface area contributed by atoms with E-state index in [1.165, 1.54) is 17.5 Å². The second kappa shape index (κ2) is 10.2. The van der Waals surface area contributed by atoms with Gasteiger partial charge >= 0.3 is 0 Å². The average Bonchev–Trinajstić information content (AvgIpc) is 2.86. The van der Waals surface area contributed by atoms with E-state index in [2.05, 4.69) is 5.32 Å². The van der Waals surface area contributed by atoms with Gasteiger partial charge in [-0.05, 0) is 55.3 Å². The van der Waals surface area contributed by atoms with Crippen LogP contribution in [0, 0.1) is 11.7 Å². The number of hydrogen-bond acceptors (Lipinski definition) is 5. The Bertz CT molecular complexity index is 1270. The lowest BCUT2D eigenvalue weighted by Gasteiger charge is -2.31. The topological polar surface area (TPSA) is 84.9 Å². The zero-order valence-corrected chi connectivity index (χ0v) is 19.4. The van der Waals surface area contributed by atoms with Crippen molar-refractivity contribution in [2.24, 2.45) is 5.92 Å². The number of nitrogens with one attached hydrogen (secondary N) is 1. The predicted octanol–water partition coefficient (Wildman–Crippen LogP) is 4.67. The molecule has 7 nitrogen and oxygen atoms in total. The Balaban J connectivity index is 1.50. The minimum Gasteiger partial charge on any atom is -0.495 e. The van der Waals surface area contributed by atoms with Crippen molar-refractivity contribution in [3.63, 3.8) is 0 Å². The van der Waals surface area contributed by atoms with Crippen LogP contribution in [0.2, 0.25) is 0 Å². The van der Waals surface area contributed by atoms with Crippen LogP contribution >= 0.6 is 0 Å². The van der Waals surface area contributed by atoms with Crippen molar-refractivity contribution >= 4 is 21.6 Å². The van der Waals surface area contributed by atoms with E-state index in [1.807, 2.05) is 30.3 Å². The fourth-order valence-corrected chi connectivity index (χ4v) is 5.57. The number of ether oxygens (including phenoxy) is 2. The molecule has 1 N–H and O–H groups in total. The van der Waals surface area contributed by atoms with Crippen molar-refractivity contribution < 1.29 is 27.1 Å². The lowest BCUT2D eigenvalue weighted by molar-refractivity contribution is -0.120. The van der Waals surface area contributed by atoms with Crippen molar-refractivity contribution in [1.82, 2.24) is 4.31 Å². The molecule has 0 spiro atoms. The van der Waals surface area contributed by atoms with Gasteiger partial charge in [-0.2, -0.15) is 4.31 Å². The van der Waals surface area contributed by atoms with E-state index in [0.717, 1.165) is 12.1 Å². The van der Waals surface area contributed by atoms with Gasteiger partial charge in [-0.1, -0.05) is 30.3 Å². The first-order chi connectivity index (χ1) is 16.4. The van der Waals surface area contributed by atoms with Crippen LogP contribution in [-0.2, 0) is 14.8 Å². The molecule has 0 saturated carbocycles. The van der Waals surface area contributed by atoms with Crippen LogP contribution in [-0.4, -0.2) is 38.8 Å². The Labute approximate surface area is 198 Å². The molecule has 0 aliphatic carbocycles. The van der Waals surface area contributed by atoms with E-state index in [0.29, 0.717) is 30.0 Å². The minimum atomic E-state index is -4.05. The normalized spacial score (nSPS) is 16.6. The Kier molecular flexibility index (Phi) is 7.14. The Hall–Kier alpha value is -3.43. The van der Waals surface area contributed by atoms with Crippen LogP contribution in [0.1, 0.15) is 12.8 Å². The van der Waals surface area contributed by atoms with Gasteiger partial charge in [0.2, 0.25) is 15.9 Å². The van der Waals surface area contributed by atoms with Crippen LogP contribution in [0.25, 0.3) is 0 Å².